The van der Waals surface area contributed by atoms with Crippen molar-refractivity contribution in [2.45, 2.75) is 20.3 Å². The number of nitrogens with zero attached hydrogens (tertiary/aromatic N) is 1. The molecule has 1 fully saturated rings. The summed E-state index contributed by atoms with van der Waals surface area (Å²) in [5.41, 5.74) is 0.162. The third-order valence-corrected chi connectivity index (χ3v) is 2.92. The summed E-state index contributed by atoms with van der Waals surface area (Å²) in [5.74, 6) is -0.587. The van der Waals surface area contributed by atoms with Crippen LogP contribution in [0.1, 0.15) is 20.3 Å². The lowest BCUT2D eigenvalue weighted by Gasteiger charge is -2.28. The van der Waals surface area contributed by atoms with E-state index in [0.29, 0.717) is 6.54 Å². The first kappa shape index (κ1) is 13.6. The Morgan fingerprint density at radius 2 is 2.18 bits per heavy atom. The van der Waals surface area contributed by atoms with Gasteiger partial charge < -0.3 is 0 Å². The predicted octanol–water partition coefficient (Wildman–Crippen LogP) is 1.39. The standard InChI is InChI=1S/C12H16N2O2S/c1-4-6-14-11(16)9(7-8(3)5-2)10(15)13-12(14)17/h4,7-8H,1,5-6H2,2-3H3,(H,13,15,17)/b9-7+. The van der Waals surface area contributed by atoms with Crippen LogP contribution in [0.15, 0.2) is 24.3 Å². The summed E-state index contributed by atoms with van der Waals surface area (Å²) in [6.07, 6.45) is 4.13. The number of carbonyl (C=O) groups is 2. The summed E-state index contributed by atoms with van der Waals surface area (Å²) in [7, 11) is 0. The highest BCUT2D eigenvalue weighted by Gasteiger charge is 2.32. The van der Waals surface area contributed by atoms with Crippen molar-refractivity contribution in [1.29, 1.82) is 0 Å². The topological polar surface area (TPSA) is 49.4 Å². The van der Waals surface area contributed by atoms with E-state index in [4.69, 9.17) is 12.2 Å². The van der Waals surface area contributed by atoms with E-state index in [-0.39, 0.29) is 22.5 Å². The zero-order valence-electron chi connectivity index (χ0n) is 10.0. The van der Waals surface area contributed by atoms with E-state index in [0.717, 1.165) is 6.42 Å². The first-order valence-electron chi connectivity index (χ1n) is 5.51. The van der Waals surface area contributed by atoms with Gasteiger partial charge in [0.05, 0.1) is 0 Å². The van der Waals surface area contributed by atoms with Crippen LogP contribution in [0.5, 0.6) is 0 Å². The molecule has 0 bridgehead atoms. The van der Waals surface area contributed by atoms with Gasteiger partial charge in [-0.25, -0.2) is 0 Å². The predicted molar refractivity (Wildman–Crippen MR) is 70.2 cm³/mol. The Morgan fingerprint density at radius 1 is 1.53 bits per heavy atom. The largest absolute Gasteiger partial charge is 0.298 e. The van der Waals surface area contributed by atoms with Gasteiger partial charge >= 0.3 is 0 Å². The molecule has 0 aliphatic carbocycles. The van der Waals surface area contributed by atoms with Gasteiger partial charge in [0.1, 0.15) is 5.57 Å². The Bertz CT molecular complexity index is 401. The first-order chi connectivity index (χ1) is 8.01. The number of hydrogen-bond donors (Lipinski definition) is 1. The van der Waals surface area contributed by atoms with Crippen LogP contribution in [0.3, 0.4) is 0 Å². The molecule has 0 aromatic carbocycles. The Hall–Kier alpha value is -1.49. The average Bonchev–Trinajstić information content (AvgIpc) is 2.29. The number of carbonyl (C=O) groups excluding carboxylic acids is 2. The molecule has 1 aliphatic heterocycles. The van der Waals surface area contributed by atoms with Gasteiger partial charge in [0.25, 0.3) is 11.8 Å². The van der Waals surface area contributed by atoms with Crippen molar-refractivity contribution in [2.24, 2.45) is 5.92 Å². The van der Waals surface area contributed by atoms with Crippen LogP contribution in [-0.4, -0.2) is 28.4 Å². The van der Waals surface area contributed by atoms with Crippen molar-refractivity contribution in [3.63, 3.8) is 0 Å². The third kappa shape index (κ3) is 3.00. The van der Waals surface area contributed by atoms with Crippen molar-refractivity contribution in [3.8, 4) is 0 Å². The van der Waals surface area contributed by atoms with Crippen LogP contribution in [0.2, 0.25) is 0 Å². The van der Waals surface area contributed by atoms with E-state index in [2.05, 4.69) is 11.9 Å². The second-order valence-corrected chi connectivity index (χ2v) is 4.32. The smallest absolute Gasteiger partial charge is 0.265 e. The van der Waals surface area contributed by atoms with E-state index in [9.17, 15) is 9.59 Å². The van der Waals surface area contributed by atoms with E-state index >= 15 is 0 Å². The van der Waals surface area contributed by atoms with E-state index in [1.165, 1.54) is 4.90 Å². The molecule has 1 unspecified atom stereocenters. The van der Waals surface area contributed by atoms with Crippen molar-refractivity contribution in [2.75, 3.05) is 6.54 Å². The molecular formula is C12H16N2O2S. The lowest BCUT2D eigenvalue weighted by Crippen LogP contribution is -2.54. The van der Waals surface area contributed by atoms with Gasteiger partial charge in [-0.1, -0.05) is 32.4 Å². The molecule has 1 aliphatic rings. The summed E-state index contributed by atoms with van der Waals surface area (Å²) >= 11 is 4.94. The molecule has 1 N–H and O–H groups in total. The second-order valence-electron chi connectivity index (χ2n) is 3.93. The molecule has 1 atom stereocenters. The lowest BCUT2D eigenvalue weighted by atomic mass is 10.0. The minimum absolute atomic E-state index is 0.140. The fourth-order valence-electron chi connectivity index (χ4n) is 1.41. The average molecular weight is 252 g/mol. The molecule has 1 heterocycles. The quantitative estimate of drug-likeness (QED) is 0.356. The molecule has 0 saturated carbocycles. The summed E-state index contributed by atoms with van der Waals surface area (Å²) in [4.78, 5) is 25.1. The van der Waals surface area contributed by atoms with Crippen molar-refractivity contribution in [1.82, 2.24) is 10.2 Å². The van der Waals surface area contributed by atoms with Crippen LogP contribution < -0.4 is 5.32 Å². The van der Waals surface area contributed by atoms with Crippen LogP contribution in [-0.2, 0) is 9.59 Å². The van der Waals surface area contributed by atoms with Crippen LogP contribution in [0.4, 0.5) is 0 Å². The Morgan fingerprint density at radius 3 is 2.71 bits per heavy atom. The molecule has 4 nitrogen and oxygen atoms in total. The van der Waals surface area contributed by atoms with Crippen molar-refractivity contribution >= 4 is 29.1 Å². The second kappa shape index (κ2) is 5.72. The van der Waals surface area contributed by atoms with Crippen LogP contribution >= 0.6 is 12.2 Å². The minimum atomic E-state index is -0.416. The van der Waals surface area contributed by atoms with Gasteiger partial charge in [-0.15, -0.1) is 6.58 Å². The summed E-state index contributed by atoms with van der Waals surface area (Å²) < 4.78 is 0. The fourth-order valence-corrected chi connectivity index (χ4v) is 1.66. The van der Waals surface area contributed by atoms with Gasteiger partial charge in [-0.05, 0) is 18.1 Å². The molecule has 0 radical (unpaired) electrons. The summed E-state index contributed by atoms with van der Waals surface area (Å²) in [6.45, 7) is 7.82. The first-order valence-corrected chi connectivity index (χ1v) is 5.92. The maximum absolute atomic E-state index is 12.0. The number of hydrogen-bond acceptors (Lipinski definition) is 3. The van der Waals surface area contributed by atoms with Gasteiger partial charge in [0, 0.05) is 6.54 Å². The minimum Gasteiger partial charge on any atom is -0.298 e. The molecule has 0 aromatic rings. The van der Waals surface area contributed by atoms with Crippen LogP contribution in [0.25, 0.3) is 0 Å². The van der Waals surface area contributed by atoms with Crippen LogP contribution in [0, 0.1) is 5.92 Å². The molecule has 5 heteroatoms. The number of allylic oxidation sites excluding steroid dienone is 1. The maximum atomic E-state index is 12.0. The number of thiocarbonyl (C=S) groups is 1. The molecule has 92 valence electrons. The number of rotatable bonds is 4. The van der Waals surface area contributed by atoms with Gasteiger partial charge in [-0.2, -0.15) is 0 Å². The highest BCUT2D eigenvalue weighted by atomic mass is 32.1. The molecule has 1 rings (SSSR count). The number of amides is 2. The van der Waals surface area contributed by atoms with Gasteiger partial charge in [0.15, 0.2) is 5.11 Å². The Kier molecular flexibility index (Phi) is 4.57. The van der Waals surface area contributed by atoms with E-state index in [1.54, 1.807) is 12.2 Å². The van der Waals surface area contributed by atoms with E-state index < -0.39 is 5.91 Å². The zero-order valence-corrected chi connectivity index (χ0v) is 10.8. The molecule has 1 saturated heterocycles. The lowest BCUT2D eigenvalue weighted by molar-refractivity contribution is -0.128. The molecule has 0 aromatic heterocycles. The van der Waals surface area contributed by atoms with Crippen molar-refractivity contribution in [3.05, 3.63) is 24.3 Å². The molecular weight excluding hydrogens is 236 g/mol. The monoisotopic (exact) mass is 252 g/mol. The summed E-state index contributed by atoms with van der Waals surface area (Å²) in [5, 5.41) is 2.65. The highest BCUT2D eigenvalue weighted by Crippen LogP contribution is 2.14. The molecule has 17 heavy (non-hydrogen) atoms. The maximum Gasteiger partial charge on any atom is 0.265 e. The van der Waals surface area contributed by atoms with E-state index in [1.807, 2.05) is 13.8 Å². The van der Waals surface area contributed by atoms with Gasteiger partial charge in [0.2, 0.25) is 0 Å². The molecule has 0 spiro atoms. The van der Waals surface area contributed by atoms with Crippen molar-refractivity contribution < 1.29 is 9.59 Å². The molecule has 2 amide bonds. The number of nitrogens with one attached hydrogen (secondary N) is 1. The normalized spacial score (nSPS) is 20.5. The third-order valence-electron chi connectivity index (χ3n) is 2.59. The Labute approximate surface area is 106 Å². The highest BCUT2D eigenvalue weighted by molar-refractivity contribution is 7.80. The summed E-state index contributed by atoms with van der Waals surface area (Å²) in [6, 6.07) is 0. The fraction of sp³-hybridized carbons (Fsp3) is 0.417. The van der Waals surface area contributed by atoms with Gasteiger partial charge in [-0.3, -0.25) is 19.8 Å². The SMILES string of the molecule is C=CCN1C(=O)/C(=C/C(C)CC)C(=O)NC1=S. The Balaban J connectivity index is 3.01. The zero-order chi connectivity index (χ0) is 13.0.